The normalized spacial score (nSPS) is 8.43. The summed E-state index contributed by atoms with van der Waals surface area (Å²) in [6.07, 6.45) is 0. The second-order valence-corrected chi connectivity index (χ2v) is 2.68. The van der Waals surface area contributed by atoms with Crippen LogP contribution in [0.15, 0.2) is 0 Å². The Morgan fingerprint density at radius 1 is 0.571 bits per heavy atom. The molecule has 0 N–H and O–H groups in total. The number of phosphoric acid groups is 2. The maximum absolute atomic E-state index is 8.55. The van der Waals surface area contributed by atoms with Gasteiger partial charge in [0.1, 0.15) is 0 Å². The van der Waals surface area contributed by atoms with E-state index in [1.807, 2.05) is 0 Å². The molecule has 0 aromatic carbocycles. The topological polar surface area (TPSA) is 172 Å². The molecule has 0 bridgehead atoms. The first-order chi connectivity index (χ1) is 4.00. The third kappa shape index (κ3) is 435. The van der Waals surface area contributed by atoms with E-state index in [9.17, 15) is 0 Å². The molecule has 0 rings (SSSR count). The molecule has 14 heteroatoms. The Kier molecular flexibility index (Phi) is 39.7. The second kappa shape index (κ2) is 15.5. The van der Waals surface area contributed by atoms with Gasteiger partial charge in [0.25, 0.3) is 0 Å². The van der Waals surface area contributed by atoms with E-state index < -0.39 is 15.6 Å². The van der Waals surface area contributed by atoms with E-state index >= 15 is 0 Å². The molecule has 0 heterocycles. The Labute approximate surface area is 125 Å². The molecule has 76 valence electrons. The van der Waals surface area contributed by atoms with Crippen LogP contribution in [0.2, 0.25) is 0 Å². The molecule has 0 aliphatic carbocycles. The molecule has 0 spiro atoms. The molecule has 0 unspecified atom stereocenters. The van der Waals surface area contributed by atoms with Crippen LogP contribution in [0.1, 0.15) is 0 Å². The third-order valence-electron chi connectivity index (χ3n) is 0. The van der Waals surface area contributed by atoms with Crippen LogP contribution in [-0.2, 0) is 43.3 Å². The first-order valence-corrected chi connectivity index (χ1v) is 4.38. The van der Waals surface area contributed by atoms with Crippen molar-refractivity contribution in [2.24, 2.45) is 0 Å². The Morgan fingerprint density at radius 2 is 0.571 bits per heavy atom. The molecule has 0 saturated heterocycles. The molecular formula is Fe2Li2O8P2. The molecule has 8 nitrogen and oxygen atoms in total. The third-order valence-corrected chi connectivity index (χ3v) is 0. The maximum Gasteiger partial charge on any atom is 2.00 e. The fourth-order valence-corrected chi connectivity index (χ4v) is 0. The summed E-state index contributed by atoms with van der Waals surface area (Å²) in [5.74, 6) is 0. The van der Waals surface area contributed by atoms with Crippen LogP contribution in [0.3, 0.4) is 0 Å². The van der Waals surface area contributed by atoms with E-state index in [0.29, 0.717) is 0 Å². The molecule has 0 radical (unpaired) electrons. The SMILES string of the molecule is O=P([O-])([O-])[O-].O=P([O-])([O-])[O-].[Fe+2].[Fe+2].[Li+].[Li+]. The molecule has 0 fully saturated rings. The summed E-state index contributed by atoms with van der Waals surface area (Å²) >= 11 is 0. The zero-order chi connectivity index (χ0) is 9.00. The van der Waals surface area contributed by atoms with Crippen LogP contribution < -0.4 is 67.1 Å². The van der Waals surface area contributed by atoms with Gasteiger partial charge in [-0.05, 0) is 0 Å². The van der Waals surface area contributed by atoms with Crippen molar-refractivity contribution in [2.45, 2.75) is 0 Å². The Bertz CT molecular complexity index is 136. The van der Waals surface area contributed by atoms with Gasteiger partial charge in [-0.15, -0.1) is 0 Å². The van der Waals surface area contributed by atoms with Crippen LogP contribution in [0.25, 0.3) is 0 Å². The van der Waals surface area contributed by atoms with E-state index in [1.165, 1.54) is 0 Å². The predicted octanol–water partition coefficient (Wildman–Crippen LogP) is -11.6. The summed E-state index contributed by atoms with van der Waals surface area (Å²) in [7, 11) is -10.8. The first-order valence-electron chi connectivity index (χ1n) is 1.46. The largest absolute Gasteiger partial charge is 2.00 e. The molecule has 14 heavy (non-hydrogen) atoms. The molecule has 0 aliphatic heterocycles. The minimum atomic E-state index is -5.39. The molecule has 0 aromatic heterocycles. The summed E-state index contributed by atoms with van der Waals surface area (Å²) in [4.78, 5) is 51.3. The van der Waals surface area contributed by atoms with Crippen molar-refractivity contribution in [1.29, 1.82) is 0 Å². The summed E-state index contributed by atoms with van der Waals surface area (Å²) in [6, 6.07) is 0. The molecule has 0 atom stereocenters. The summed E-state index contributed by atoms with van der Waals surface area (Å²) in [5, 5.41) is 0. The number of hydrogen-bond acceptors (Lipinski definition) is 8. The van der Waals surface area contributed by atoms with E-state index in [0.717, 1.165) is 0 Å². The van der Waals surface area contributed by atoms with Crippen molar-refractivity contribution in [2.75, 3.05) is 0 Å². The van der Waals surface area contributed by atoms with Crippen LogP contribution in [-0.4, -0.2) is 0 Å². The van der Waals surface area contributed by atoms with Gasteiger partial charge in [-0.25, -0.2) is 0 Å². The fraction of sp³-hybridized carbons (Fsp3) is 0. The predicted molar refractivity (Wildman–Crippen MR) is 15.2 cm³/mol. The molecule has 0 amide bonds. The fourth-order valence-electron chi connectivity index (χ4n) is 0. The molecular weight excluding hydrogens is 316 g/mol. The molecule has 0 aromatic rings. The number of hydrogen-bond donors (Lipinski definition) is 0. The molecule has 0 aliphatic rings. The second-order valence-electron chi connectivity index (χ2n) is 0.894. The van der Waals surface area contributed by atoms with Crippen LogP contribution in [0.4, 0.5) is 0 Å². The van der Waals surface area contributed by atoms with Gasteiger partial charge in [0.2, 0.25) is 0 Å². The van der Waals surface area contributed by atoms with Crippen LogP contribution in [0, 0.1) is 0 Å². The average Bonchev–Trinajstić information content (AvgIpc) is 1.12. The Balaban J connectivity index is -0.0000000178. The summed E-state index contributed by atoms with van der Waals surface area (Å²) < 4.78 is 17.1. The monoisotopic (exact) mass is 316 g/mol. The summed E-state index contributed by atoms with van der Waals surface area (Å²) in [6.45, 7) is 0. The van der Waals surface area contributed by atoms with E-state index in [-0.39, 0.29) is 71.9 Å². The van der Waals surface area contributed by atoms with E-state index in [2.05, 4.69) is 0 Å². The van der Waals surface area contributed by atoms with Crippen molar-refractivity contribution < 1.29 is 110 Å². The summed E-state index contributed by atoms with van der Waals surface area (Å²) in [5.41, 5.74) is 0. The van der Waals surface area contributed by atoms with Gasteiger partial charge in [-0.2, -0.15) is 15.6 Å². The smallest absolute Gasteiger partial charge is 0.822 e. The van der Waals surface area contributed by atoms with Gasteiger partial charge in [-0.1, -0.05) is 0 Å². The van der Waals surface area contributed by atoms with Gasteiger partial charge < -0.3 is 38.5 Å². The van der Waals surface area contributed by atoms with Gasteiger partial charge in [0, 0.05) is 0 Å². The quantitative estimate of drug-likeness (QED) is 0.313. The average molecular weight is 316 g/mol. The maximum atomic E-state index is 8.55. The van der Waals surface area contributed by atoms with Crippen molar-refractivity contribution in [1.82, 2.24) is 0 Å². The Hall–Kier alpha value is 2.45. The minimum absolute atomic E-state index is 0. The van der Waals surface area contributed by atoms with Gasteiger partial charge in [-0.3, -0.25) is 0 Å². The van der Waals surface area contributed by atoms with Crippen molar-refractivity contribution in [3.05, 3.63) is 0 Å². The van der Waals surface area contributed by atoms with Crippen molar-refractivity contribution >= 4 is 15.6 Å². The first kappa shape index (κ1) is 36.0. The van der Waals surface area contributed by atoms with Crippen molar-refractivity contribution in [3.63, 3.8) is 0 Å². The van der Waals surface area contributed by atoms with Gasteiger partial charge >= 0.3 is 71.9 Å². The van der Waals surface area contributed by atoms with Gasteiger partial charge in [0.15, 0.2) is 0 Å². The van der Waals surface area contributed by atoms with Crippen molar-refractivity contribution in [3.8, 4) is 0 Å². The zero-order valence-electron chi connectivity index (χ0n) is 6.87. The van der Waals surface area contributed by atoms with Crippen LogP contribution in [0.5, 0.6) is 0 Å². The Morgan fingerprint density at radius 3 is 0.571 bits per heavy atom. The van der Waals surface area contributed by atoms with Crippen LogP contribution >= 0.6 is 15.6 Å². The standard InChI is InChI=1S/2Fe.2Li.2H3O4P/c;;;;2*1-5(2,3)4/h;;;;2*(H3,1,2,3,4)/q2*+2;2*+1;;/p-6. The van der Waals surface area contributed by atoms with E-state index in [4.69, 9.17) is 38.5 Å². The molecule has 0 saturated carbocycles. The minimum Gasteiger partial charge on any atom is -0.822 e. The van der Waals surface area contributed by atoms with Gasteiger partial charge in [0.05, 0.1) is 0 Å². The number of rotatable bonds is 0. The zero-order valence-corrected chi connectivity index (χ0v) is 10.9. The van der Waals surface area contributed by atoms with E-state index in [1.54, 1.807) is 0 Å².